The molecule has 0 aliphatic rings. The average Bonchev–Trinajstić information content (AvgIpc) is 2.92. The second-order valence-corrected chi connectivity index (χ2v) is 6.76. The third kappa shape index (κ3) is 3.26. The van der Waals surface area contributed by atoms with Gasteiger partial charge >= 0.3 is 0 Å². The molecule has 0 unspecified atom stereocenters. The van der Waals surface area contributed by atoms with Crippen LogP contribution in [0.1, 0.15) is 19.7 Å². The molecule has 4 nitrogen and oxygen atoms in total. The minimum Gasteiger partial charge on any atom is -0.310 e. The van der Waals surface area contributed by atoms with E-state index in [1.807, 2.05) is 36.4 Å². The lowest BCUT2D eigenvalue weighted by atomic mass is 10.2. The van der Waals surface area contributed by atoms with E-state index < -0.39 is 0 Å². The van der Waals surface area contributed by atoms with E-state index in [2.05, 4.69) is 29.1 Å². The van der Waals surface area contributed by atoms with Crippen molar-refractivity contribution in [2.75, 3.05) is 6.54 Å². The normalized spacial score (nSPS) is 11.4. The molecule has 0 aliphatic carbocycles. The van der Waals surface area contributed by atoms with Crippen LogP contribution in [0.15, 0.2) is 41.2 Å². The van der Waals surface area contributed by atoms with Crippen molar-refractivity contribution in [2.24, 2.45) is 5.92 Å². The summed E-state index contributed by atoms with van der Waals surface area (Å²) >= 11 is 1.56. The Balaban J connectivity index is 1.92. The van der Waals surface area contributed by atoms with Crippen LogP contribution in [-0.4, -0.2) is 16.5 Å². The minimum atomic E-state index is -0.0650. The summed E-state index contributed by atoms with van der Waals surface area (Å²) in [5, 5.41) is 3.97. The maximum absolute atomic E-state index is 12.2. The van der Waals surface area contributed by atoms with E-state index in [-0.39, 0.29) is 5.56 Å². The second-order valence-electron chi connectivity index (χ2n) is 5.73. The number of aromatic amines is 1. The lowest BCUT2D eigenvalue weighted by Gasteiger charge is -2.06. The van der Waals surface area contributed by atoms with E-state index in [9.17, 15) is 4.79 Å². The first kappa shape index (κ1) is 14.9. The highest BCUT2D eigenvalue weighted by atomic mass is 32.1. The molecule has 3 rings (SSSR count). The van der Waals surface area contributed by atoms with Gasteiger partial charge in [-0.1, -0.05) is 44.2 Å². The summed E-state index contributed by atoms with van der Waals surface area (Å²) in [5.74, 6) is 1.27. The van der Waals surface area contributed by atoms with Crippen molar-refractivity contribution in [1.82, 2.24) is 15.3 Å². The second kappa shape index (κ2) is 6.42. The molecular weight excluding hydrogens is 294 g/mol. The smallest absolute Gasteiger partial charge is 0.259 e. The first-order valence-corrected chi connectivity index (χ1v) is 8.24. The first-order chi connectivity index (χ1) is 10.6. The largest absolute Gasteiger partial charge is 0.310 e. The topological polar surface area (TPSA) is 57.8 Å². The molecule has 0 atom stereocenters. The van der Waals surface area contributed by atoms with Crippen LogP contribution >= 0.6 is 11.3 Å². The predicted octanol–water partition coefficient (Wildman–Crippen LogP) is 3.40. The van der Waals surface area contributed by atoms with E-state index in [4.69, 9.17) is 0 Å². The molecule has 0 saturated carbocycles. The molecular formula is C17H19N3OS. The minimum absolute atomic E-state index is 0.0650. The van der Waals surface area contributed by atoms with Gasteiger partial charge in [0.15, 0.2) is 0 Å². The van der Waals surface area contributed by atoms with E-state index in [1.54, 1.807) is 11.3 Å². The van der Waals surface area contributed by atoms with Gasteiger partial charge in [0.1, 0.15) is 10.7 Å². The van der Waals surface area contributed by atoms with Crippen LogP contribution in [0.25, 0.3) is 20.7 Å². The standard InChI is InChI=1S/C17H19N3OS/c1-11(2)9-18-10-15-19-16(21)13-8-14(22-17(13)20-15)12-6-4-3-5-7-12/h3-8,11,18H,9-10H2,1-2H3,(H,19,20,21). The van der Waals surface area contributed by atoms with Gasteiger partial charge in [0.25, 0.3) is 5.56 Å². The molecule has 0 fully saturated rings. The lowest BCUT2D eigenvalue weighted by molar-refractivity contribution is 0.543. The summed E-state index contributed by atoms with van der Waals surface area (Å²) in [5.41, 5.74) is 1.05. The highest BCUT2D eigenvalue weighted by molar-refractivity contribution is 7.21. The number of H-pyrrole nitrogens is 1. The lowest BCUT2D eigenvalue weighted by Crippen LogP contribution is -2.22. The zero-order valence-corrected chi connectivity index (χ0v) is 13.5. The number of benzene rings is 1. The summed E-state index contributed by atoms with van der Waals surface area (Å²) in [6.45, 7) is 5.79. The molecule has 2 heterocycles. The summed E-state index contributed by atoms with van der Waals surface area (Å²) in [4.78, 5) is 21.5. The predicted molar refractivity (Wildman–Crippen MR) is 92.2 cm³/mol. The summed E-state index contributed by atoms with van der Waals surface area (Å²) in [6.07, 6.45) is 0. The molecule has 0 radical (unpaired) electrons. The first-order valence-electron chi connectivity index (χ1n) is 7.42. The van der Waals surface area contributed by atoms with E-state index >= 15 is 0 Å². The highest BCUT2D eigenvalue weighted by Gasteiger charge is 2.10. The number of fused-ring (bicyclic) bond motifs is 1. The van der Waals surface area contributed by atoms with E-state index in [1.165, 1.54) is 0 Å². The Kier molecular flexibility index (Phi) is 4.36. The fourth-order valence-electron chi connectivity index (χ4n) is 2.28. The Morgan fingerprint density at radius 3 is 2.77 bits per heavy atom. The van der Waals surface area contributed by atoms with E-state index in [0.717, 1.165) is 21.8 Å². The molecule has 2 aromatic heterocycles. The number of rotatable bonds is 5. The van der Waals surface area contributed by atoms with Crippen LogP contribution in [0.3, 0.4) is 0 Å². The van der Waals surface area contributed by atoms with Crippen molar-refractivity contribution in [1.29, 1.82) is 0 Å². The maximum atomic E-state index is 12.2. The van der Waals surface area contributed by atoms with Crippen molar-refractivity contribution in [3.63, 3.8) is 0 Å². The molecule has 22 heavy (non-hydrogen) atoms. The molecule has 0 amide bonds. The van der Waals surface area contributed by atoms with Crippen LogP contribution in [-0.2, 0) is 6.54 Å². The Labute approximate surface area is 133 Å². The van der Waals surface area contributed by atoms with Gasteiger partial charge in [-0.3, -0.25) is 4.79 Å². The molecule has 0 aliphatic heterocycles. The Morgan fingerprint density at radius 2 is 2.05 bits per heavy atom. The fraction of sp³-hybridized carbons (Fsp3) is 0.294. The Bertz CT molecular complexity index is 821. The van der Waals surface area contributed by atoms with Crippen molar-refractivity contribution in [3.8, 4) is 10.4 Å². The van der Waals surface area contributed by atoms with Gasteiger partial charge in [0, 0.05) is 4.88 Å². The van der Waals surface area contributed by atoms with Crippen molar-refractivity contribution < 1.29 is 0 Å². The van der Waals surface area contributed by atoms with Gasteiger partial charge in [0.05, 0.1) is 11.9 Å². The summed E-state index contributed by atoms with van der Waals surface area (Å²) in [6, 6.07) is 12.0. The number of hydrogen-bond acceptors (Lipinski definition) is 4. The van der Waals surface area contributed by atoms with Gasteiger partial charge in [-0.2, -0.15) is 0 Å². The van der Waals surface area contributed by atoms with Crippen LogP contribution in [0.5, 0.6) is 0 Å². The molecule has 0 saturated heterocycles. The molecule has 0 spiro atoms. The quantitative estimate of drug-likeness (QED) is 0.759. The molecule has 5 heteroatoms. The Hall–Kier alpha value is -1.98. The van der Waals surface area contributed by atoms with Crippen LogP contribution < -0.4 is 10.9 Å². The fourth-order valence-corrected chi connectivity index (χ4v) is 3.34. The van der Waals surface area contributed by atoms with Crippen molar-refractivity contribution in [2.45, 2.75) is 20.4 Å². The Morgan fingerprint density at radius 1 is 1.27 bits per heavy atom. The van der Waals surface area contributed by atoms with Gasteiger partial charge in [0.2, 0.25) is 0 Å². The van der Waals surface area contributed by atoms with Gasteiger partial charge in [-0.25, -0.2) is 4.98 Å². The summed E-state index contributed by atoms with van der Waals surface area (Å²) in [7, 11) is 0. The van der Waals surface area contributed by atoms with Gasteiger partial charge in [-0.15, -0.1) is 11.3 Å². The van der Waals surface area contributed by atoms with Crippen molar-refractivity contribution in [3.05, 3.63) is 52.6 Å². The molecule has 3 aromatic rings. The number of thiophene rings is 1. The molecule has 114 valence electrons. The van der Waals surface area contributed by atoms with Crippen LogP contribution in [0.4, 0.5) is 0 Å². The van der Waals surface area contributed by atoms with Crippen molar-refractivity contribution >= 4 is 21.6 Å². The van der Waals surface area contributed by atoms with Crippen LogP contribution in [0.2, 0.25) is 0 Å². The SMILES string of the molecule is CC(C)CNCc1nc2sc(-c3ccccc3)cc2c(=O)[nH]1. The third-order valence-electron chi connectivity index (χ3n) is 3.35. The monoisotopic (exact) mass is 313 g/mol. The van der Waals surface area contributed by atoms with E-state index in [0.29, 0.717) is 23.7 Å². The molecule has 1 aromatic carbocycles. The number of aromatic nitrogens is 2. The zero-order valence-electron chi connectivity index (χ0n) is 12.7. The van der Waals surface area contributed by atoms with Crippen LogP contribution in [0, 0.1) is 5.92 Å². The maximum Gasteiger partial charge on any atom is 0.259 e. The number of nitrogens with zero attached hydrogens (tertiary/aromatic N) is 1. The number of nitrogens with one attached hydrogen (secondary N) is 2. The number of hydrogen-bond donors (Lipinski definition) is 2. The average molecular weight is 313 g/mol. The van der Waals surface area contributed by atoms with Gasteiger partial charge in [-0.05, 0) is 24.1 Å². The highest BCUT2D eigenvalue weighted by Crippen LogP contribution is 2.30. The summed E-state index contributed by atoms with van der Waals surface area (Å²) < 4.78 is 0. The molecule has 0 bridgehead atoms. The molecule has 2 N–H and O–H groups in total. The van der Waals surface area contributed by atoms with Gasteiger partial charge < -0.3 is 10.3 Å². The zero-order chi connectivity index (χ0) is 15.5. The third-order valence-corrected chi connectivity index (χ3v) is 4.43.